The number of hydrogen-bond acceptors (Lipinski definition) is 4. The van der Waals surface area contributed by atoms with Crippen LogP contribution in [0.4, 0.5) is 0 Å². The van der Waals surface area contributed by atoms with Crippen molar-refractivity contribution in [3.8, 4) is 11.3 Å². The van der Waals surface area contributed by atoms with Gasteiger partial charge in [-0.3, -0.25) is 9.89 Å². The number of H-pyrrole nitrogens is 1. The molecule has 1 aliphatic heterocycles. The van der Waals surface area contributed by atoms with E-state index >= 15 is 0 Å². The number of carbonyl (C=O) groups excluding carboxylic acids is 1. The Hall–Kier alpha value is -3.02. The number of likely N-dealkylation sites (tertiary alicyclic amines) is 1. The average Bonchev–Trinajstić information content (AvgIpc) is 3.35. The second-order valence-electron chi connectivity index (χ2n) is 7.93. The zero-order valence-electron chi connectivity index (χ0n) is 16.0. The third-order valence-electron chi connectivity index (χ3n) is 6.10. The summed E-state index contributed by atoms with van der Waals surface area (Å²) >= 11 is 0. The minimum Gasteiger partial charge on any atom is -0.336 e. The fourth-order valence-corrected chi connectivity index (χ4v) is 4.69. The SMILES string of the molecule is Cc1ncc2c(n1)C1(CCCN(C(=O)c3cc(-c4ccccc4)n[nH]3)C1)CC2. The van der Waals surface area contributed by atoms with Crippen LogP contribution in [-0.2, 0) is 11.8 Å². The molecular weight excluding hydrogens is 350 g/mol. The van der Waals surface area contributed by atoms with E-state index in [1.807, 2.05) is 54.4 Å². The molecule has 3 heterocycles. The predicted octanol–water partition coefficient (Wildman–Crippen LogP) is 3.30. The summed E-state index contributed by atoms with van der Waals surface area (Å²) in [6.07, 6.45) is 6.09. The fraction of sp³-hybridized carbons (Fsp3) is 0.364. The Balaban J connectivity index is 1.40. The van der Waals surface area contributed by atoms with Gasteiger partial charge in [-0.1, -0.05) is 30.3 Å². The minimum atomic E-state index is -0.0285. The lowest BCUT2D eigenvalue weighted by Crippen LogP contribution is -2.48. The Labute approximate surface area is 164 Å². The Bertz CT molecular complexity index is 1020. The molecule has 1 fully saturated rings. The van der Waals surface area contributed by atoms with Crippen LogP contribution < -0.4 is 0 Å². The zero-order valence-corrected chi connectivity index (χ0v) is 16.0. The molecule has 1 N–H and O–H groups in total. The van der Waals surface area contributed by atoms with Crippen molar-refractivity contribution in [1.82, 2.24) is 25.1 Å². The highest BCUT2D eigenvalue weighted by molar-refractivity contribution is 5.93. The van der Waals surface area contributed by atoms with Gasteiger partial charge in [-0.05, 0) is 44.2 Å². The number of hydrogen-bond donors (Lipinski definition) is 1. The summed E-state index contributed by atoms with van der Waals surface area (Å²) in [5.74, 6) is 0.831. The summed E-state index contributed by atoms with van der Waals surface area (Å²) in [7, 11) is 0. The van der Waals surface area contributed by atoms with Crippen molar-refractivity contribution in [2.45, 2.75) is 38.0 Å². The number of nitrogens with one attached hydrogen (secondary N) is 1. The van der Waals surface area contributed by atoms with E-state index in [0.717, 1.165) is 61.5 Å². The molecule has 1 saturated heterocycles. The van der Waals surface area contributed by atoms with Gasteiger partial charge in [0.1, 0.15) is 11.5 Å². The van der Waals surface area contributed by atoms with Crippen molar-refractivity contribution in [3.63, 3.8) is 0 Å². The first-order valence-electron chi connectivity index (χ1n) is 9.88. The Morgan fingerprint density at radius 2 is 2.07 bits per heavy atom. The highest BCUT2D eigenvalue weighted by atomic mass is 16.2. The van der Waals surface area contributed by atoms with E-state index in [-0.39, 0.29) is 11.3 Å². The van der Waals surface area contributed by atoms with Crippen molar-refractivity contribution in [1.29, 1.82) is 0 Å². The van der Waals surface area contributed by atoms with Gasteiger partial charge >= 0.3 is 0 Å². The fourth-order valence-electron chi connectivity index (χ4n) is 4.69. The molecule has 3 aromatic rings. The third-order valence-corrected chi connectivity index (χ3v) is 6.10. The summed E-state index contributed by atoms with van der Waals surface area (Å²) in [5, 5.41) is 7.29. The van der Waals surface area contributed by atoms with E-state index in [0.29, 0.717) is 5.69 Å². The maximum Gasteiger partial charge on any atom is 0.271 e. The van der Waals surface area contributed by atoms with Crippen LogP contribution in [0.2, 0.25) is 0 Å². The summed E-state index contributed by atoms with van der Waals surface area (Å²) in [5.41, 5.74) is 4.72. The Morgan fingerprint density at radius 3 is 2.93 bits per heavy atom. The lowest BCUT2D eigenvalue weighted by Gasteiger charge is -2.40. The molecule has 0 saturated carbocycles. The quantitative estimate of drug-likeness (QED) is 0.748. The van der Waals surface area contributed by atoms with Gasteiger partial charge in [0.15, 0.2) is 0 Å². The van der Waals surface area contributed by atoms with E-state index < -0.39 is 0 Å². The summed E-state index contributed by atoms with van der Waals surface area (Å²) in [6.45, 7) is 3.43. The largest absolute Gasteiger partial charge is 0.336 e. The van der Waals surface area contributed by atoms with Gasteiger partial charge in [0.25, 0.3) is 5.91 Å². The number of benzene rings is 1. The molecule has 28 heavy (non-hydrogen) atoms. The number of aromatic amines is 1. The number of aromatic nitrogens is 4. The van der Waals surface area contributed by atoms with Crippen LogP contribution in [0.25, 0.3) is 11.3 Å². The van der Waals surface area contributed by atoms with Crippen molar-refractivity contribution >= 4 is 5.91 Å². The first kappa shape index (κ1) is 17.1. The number of aryl methyl sites for hydroxylation is 2. The molecule has 6 heteroatoms. The third kappa shape index (κ3) is 2.80. The molecule has 5 rings (SSSR count). The lowest BCUT2D eigenvalue weighted by molar-refractivity contribution is 0.0627. The summed E-state index contributed by atoms with van der Waals surface area (Å²) in [4.78, 5) is 24.3. The number of amides is 1. The van der Waals surface area contributed by atoms with E-state index in [1.165, 1.54) is 5.56 Å². The molecule has 1 aliphatic carbocycles. The zero-order chi connectivity index (χ0) is 19.1. The topological polar surface area (TPSA) is 74.8 Å². The van der Waals surface area contributed by atoms with E-state index in [2.05, 4.69) is 15.2 Å². The monoisotopic (exact) mass is 373 g/mol. The highest BCUT2D eigenvalue weighted by Crippen LogP contribution is 2.44. The van der Waals surface area contributed by atoms with Crippen molar-refractivity contribution in [2.75, 3.05) is 13.1 Å². The number of carbonyl (C=O) groups is 1. The first-order valence-corrected chi connectivity index (χ1v) is 9.88. The molecular formula is C22H23N5O. The van der Waals surface area contributed by atoms with Gasteiger partial charge in [0, 0.05) is 30.3 Å². The molecule has 1 amide bonds. The maximum atomic E-state index is 13.2. The average molecular weight is 373 g/mol. The molecule has 1 spiro atoms. The molecule has 1 unspecified atom stereocenters. The number of rotatable bonds is 2. The number of piperidine rings is 1. The van der Waals surface area contributed by atoms with Crippen LogP contribution in [-0.4, -0.2) is 44.1 Å². The molecule has 2 aromatic heterocycles. The molecule has 2 aliphatic rings. The van der Waals surface area contributed by atoms with E-state index in [4.69, 9.17) is 4.98 Å². The summed E-state index contributed by atoms with van der Waals surface area (Å²) < 4.78 is 0. The van der Waals surface area contributed by atoms with Crippen molar-refractivity contribution < 1.29 is 4.79 Å². The van der Waals surface area contributed by atoms with Crippen molar-refractivity contribution in [3.05, 3.63) is 65.4 Å². The maximum absolute atomic E-state index is 13.2. The van der Waals surface area contributed by atoms with Crippen LogP contribution in [0.5, 0.6) is 0 Å². The smallest absolute Gasteiger partial charge is 0.271 e. The van der Waals surface area contributed by atoms with Crippen LogP contribution in [0, 0.1) is 6.92 Å². The molecule has 0 bridgehead atoms. The highest BCUT2D eigenvalue weighted by Gasteiger charge is 2.44. The lowest BCUT2D eigenvalue weighted by atomic mass is 9.77. The number of fused-ring (bicyclic) bond motifs is 2. The second kappa shape index (κ2) is 6.55. The van der Waals surface area contributed by atoms with Crippen LogP contribution in [0.3, 0.4) is 0 Å². The molecule has 142 valence electrons. The van der Waals surface area contributed by atoms with Gasteiger partial charge in [-0.15, -0.1) is 0 Å². The second-order valence-corrected chi connectivity index (χ2v) is 7.93. The van der Waals surface area contributed by atoms with Crippen LogP contribution in [0.1, 0.15) is 46.8 Å². The van der Waals surface area contributed by atoms with E-state index in [9.17, 15) is 4.79 Å². The minimum absolute atomic E-state index is 0.0213. The molecule has 0 radical (unpaired) electrons. The normalized spacial score (nSPS) is 21.1. The molecule has 1 atom stereocenters. The van der Waals surface area contributed by atoms with E-state index in [1.54, 1.807) is 0 Å². The summed E-state index contributed by atoms with van der Waals surface area (Å²) in [6, 6.07) is 11.8. The Kier molecular flexibility index (Phi) is 4.00. The number of nitrogens with zero attached hydrogens (tertiary/aromatic N) is 4. The molecule has 1 aromatic carbocycles. The van der Waals surface area contributed by atoms with Gasteiger partial charge < -0.3 is 4.90 Å². The van der Waals surface area contributed by atoms with Gasteiger partial charge in [0.2, 0.25) is 0 Å². The molecule has 6 nitrogen and oxygen atoms in total. The predicted molar refractivity (Wildman–Crippen MR) is 106 cm³/mol. The standard InChI is InChI=1S/C22H23N5O/c1-15-23-13-17-8-10-22(20(17)24-15)9-5-11-27(14-22)21(28)19-12-18(25-26-19)16-6-3-2-4-7-16/h2-4,6-7,12-13H,5,8-11,14H2,1H3,(H,25,26). The van der Waals surface area contributed by atoms with Crippen molar-refractivity contribution in [2.24, 2.45) is 0 Å². The van der Waals surface area contributed by atoms with Gasteiger partial charge in [-0.25, -0.2) is 9.97 Å². The van der Waals surface area contributed by atoms with Gasteiger partial charge in [0.05, 0.1) is 11.4 Å². The first-order chi connectivity index (χ1) is 13.6. The van der Waals surface area contributed by atoms with Gasteiger partial charge in [-0.2, -0.15) is 5.10 Å². The Morgan fingerprint density at radius 1 is 1.21 bits per heavy atom. The van der Waals surface area contributed by atoms with Crippen LogP contribution >= 0.6 is 0 Å². The van der Waals surface area contributed by atoms with Crippen LogP contribution in [0.15, 0.2) is 42.6 Å².